The van der Waals surface area contributed by atoms with Crippen LogP contribution in [-0.4, -0.2) is 17.8 Å². The van der Waals surface area contributed by atoms with Gasteiger partial charge in [-0.05, 0) is 55.6 Å². The van der Waals surface area contributed by atoms with Gasteiger partial charge >= 0.3 is 0 Å². The van der Waals surface area contributed by atoms with E-state index in [-0.39, 0.29) is 6.10 Å². The molecule has 2 saturated carbocycles. The SMILES string of the molecule is CCOC(C1CC1)C(O)c1ccc(C2CCC2)cc1. The maximum Gasteiger partial charge on any atom is 0.105 e. The van der Waals surface area contributed by atoms with Crippen LogP contribution in [0.25, 0.3) is 0 Å². The first kappa shape index (κ1) is 13.1. The van der Waals surface area contributed by atoms with E-state index in [1.165, 1.54) is 37.7 Å². The third-order valence-electron chi connectivity index (χ3n) is 4.61. The largest absolute Gasteiger partial charge is 0.386 e. The number of rotatable bonds is 6. The lowest BCUT2D eigenvalue weighted by Crippen LogP contribution is -2.24. The quantitative estimate of drug-likeness (QED) is 0.843. The Kier molecular flexibility index (Phi) is 3.90. The van der Waals surface area contributed by atoms with Crippen LogP contribution in [0.5, 0.6) is 0 Å². The summed E-state index contributed by atoms with van der Waals surface area (Å²) in [5.74, 6) is 1.32. The Morgan fingerprint density at radius 1 is 1.16 bits per heavy atom. The summed E-state index contributed by atoms with van der Waals surface area (Å²) >= 11 is 0. The van der Waals surface area contributed by atoms with Gasteiger partial charge in [0.1, 0.15) is 6.10 Å². The summed E-state index contributed by atoms with van der Waals surface area (Å²) in [6.07, 6.45) is 5.92. The van der Waals surface area contributed by atoms with E-state index in [0.717, 1.165) is 11.5 Å². The Morgan fingerprint density at radius 3 is 2.32 bits per heavy atom. The Morgan fingerprint density at radius 2 is 1.84 bits per heavy atom. The van der Waals surface area contributed by atoms with Crippen molar-refractivity contribution in [1.82, 2.24) is 0 Å². The highest BCUT2D eigenvalue weighted by Crippen LogP contribution is 2.41. The van der Waals surface area contributed by atoms with E-state index >= 15 is 0 Å². The molecular weight excluding hydrogens is 236 g/mol. The maximum absolute atomic E-state index is 10.5. The first-order chi connectivity index (χ1) is 9.29. The Labute approximate surface area is 115 Å². The summed E-state index contributed by atoms with van der Waals surface area (Å²) in [7, 11) is 0. The number of aliphatic hydroxyl groups is 1. The summed E-state index contributed by atoms with van der Waals surface area (Å²) < 4.78 is 5.74. The molecule has 0 spiro atoms. The van der Waals surface area contributed by atoms with E-state index in [0.29, 0.717) is 12.5 Å². The zero-order valence-corrected chi connectivity index (χ0v) is 11.7. The molecule has 2 unspecified atom stereocenters. The van der Waals surface area contributed by atoms with Gasteiger partial charge in [0.25, 0.3) is 0 Å². The van der Waals surface area contributed by atoms with Gasteiger partial charge < -0.3 is 9.84 Å². The molecular formula is C17H24O2. The molecule has 1 aromatic rings. The van der Waals surface area contributed by atoms with Crippen molar-refractivity contribution in [2.75, 3.05) is 6.61 Å². The van der Waals surface area contributed by atoms with Gasteiger partial charge in [-0.15, -0.1) is 0 Å². The zero-order chi connectivity index (χ0) is 13.2. The molecule has 1 aromatic carbocycles. The molecule has 1 N–H and O–H groups in total. The van der Waals surface area contributed by atoms with E-state index in [2.05, 4.69) is 24.3 Å². The van der Waals surface area contributed by atoms with Gasteiger partial charge in [0.2, 0.25) is 0 Å². The molecule has 0 radical (unpaired) electrons. The molecule has 2 heteroatoms. The van der Waals surface area contributed by atoms with Crippen LogP contribution in [0.3, 0.4) is 0 Å². The Balaban J connectivity index is 1.69. The van der Waals surface area contributed by atoms with Crippen molar-refractivity contribution >= 4 is 0 Å². The van der Waals surface area contributed by atoms with Gasteiger partial charge in [-0.25, -0.2) is 0 Å². The molecule has 2 nitrogen and oxygen atoms in total. The van der Waals surface area contributed by atoms with Crippen LogP contribution in [0.15, 0.2) is 24.3 Å². The molecule has 2 aliphatic carbocycles. The van der Waals surface area contributed by atoms with Crippen LogP contribution in [0, 0.1) is 5.92 Å². The van der Waals surface area contributed by atoms with Crippen molar-refractivity contribution in [2.45, 2.75) is 57.2 Å². The van der Waals surface area contributed by atoms with Gasteiger partial charge in [-0.2, -0.15) is 0 Å². The minimum Gasteiger partial charge on any atom is -0.386 e. The zero-order valence-electron chi connectivity index (χ0n) is 11.7. The average molecular weight is 260 g/mol. The van der Waals surface area contributed by atoms with Crippen LogP contribution < -0.4 is 0 Å². The summed E-state index contributed by atoms with van der Waals surface area (Å²) in [4.78, 5) is 0. The Hall–Kier alpha value is -0.860. The summed E-state index contributed by atoms with van der Waals surface area (Å²) in [6.45, 7) is 2.68. The molecule has 0 bridgehead atoms. The monoisotopic (exact) mass is 260 g/mol. The third-order valence-corrected chi connectivity index (χ3v) is 4.61. The second kappa shape index (κ2) is 5.64. The maximum atomic E-state index is 10.5. The van der Waals surface area contributed by atoms with E-state index in [1.54, 1.807) is 0 Å². The summed E-state index contributed by atoms with van der Waals surface area (Å²) in [5.41, 5.74) is 2.44. The minimum atomic E-state index is -0.470. The fourth-order valence-corrected chi connectivity index (χ4v) is 3.00. The highest BCUT2D eigenvalue weighted by atomic mass is 16.5. The van der Waals surface area contributed by atoms with Gasteiger partial charge in [0, 0.05) is 6.61 Å². The molecule has 0 amide bonds. The Bertz CT molecular complexity index is 404. The average Bonchev–Trinajstić information content (AvgIpc) is 3.18. The highest BCUT2D eigenvalue weighted by molar-refractivity contribution is 5.28. The second-order valence-corrected chi connectivity index (χ2v) is 6.00. The molecule has 2 aliphatic rings. The molecule has 3 rings (SSSR count). The van der Waals surface area contributed by atoms with Crippen molar-refractivity contribution in [3.63, 3.8) is 0 Å². The molecule has 2 fully saturated rings. The van der Waals surface area contributed by atoms with Crippen molar-refractivity contribution in [3.8, 4) is 0 Å². The van der Waals surface area contributed by atoms with Crippen molar-refractivity contribution in [3.05, 3.63) is 35.4 Å². The van der Waals surface area contributed by atoms with Crippen molar-refractivity contribution in [1.29, 1.82) is 0 Å². The highest BCUT2D eigenvalue weighted by Gasteiger charge is 2.37. The summed E-state index contributed by atoms with van der Waals surface area (Å²) in [6, 6.07) is 8.57. The minimum absolute atomic E-state index is 0.0143. The van der Waals surface area contributed by atoms with E-state index in [9.17, 15) is 5.11 Å². The molecule has 19 heavy (non-hydrogen) atoms. The second-order valence-electron chi connectivity index (χ2n) is 6.00. The van der Waals surface area contributed by atoms with Crippen molar-refractivity contribution in [2.24, 2.45) is 5.92 Å². The number of aliphatic hydroxyl groups excluding tert-OH is 1. The molecule has 0 heterocycles. The van der Waals surface area contributed by atoms with E-state index in [1.807, 2.05) is 6.92 Å². The smallest absolute Gasteiger partial charge is 0.105 e. The molecule has 104 valence electrons. The lowest BCUT2D eigenvalue weighted by molar-refractivity contribution is -0.0462. The number of hydrogen-bond donors (Lipinski definition) is 1. The van der Waals surface area contributed by atoms with Crippen molar-refractivity contribution < 1.29 is 9.84 Å². The number of ether oxygens (including phenoxy) is 1. The van der Waals surface area contributed by atoms with Gasteiger partial charge in [0.05, 0.1) is 6.10 Å². The van der Waals surface area contributed by atoms with E-state index in [4.69, 9.17) is 4.74 Å². The van der Waals surface area contributed by atoms with Gasteiger partial charge in [0.15, 0.2) is 0 Å². The molecule has 2 atom stereocenters. The normalized spacial score (nSPS) is 22.8. The fraction of sp³-hybridized carbons (Fsp3) is 0.647. The van der Waals surface area contributed by atoms with Crippen LogP contribution in [0.1, 0.15) is 62.2 Å². The van der Waals surface area contributed by atoms with Crippen LogP contribution in [0.2, 0.25) is 0 Å². The van der Waals surface area contributed by atoms with Crippen LogP contribution >= 0.6 is 0 Å². The predicted octanol–water partition coefficient (Wildman–Crippen LogP) is 3.80. The molecule has 0 aromatic heterocycles. The molecule has 0 saturated heterocycles. The number of benzene rings is 1. The van der Waals surface area contributed by atoms with Gasteiger partial charge in [-0.1, -0.05) is 30.7 Å². The molecule has 0 aliphatic heterocycles. The van der Waals surface area contributed by atoms with Gasteiger partial charge in [-0.3, -0.25) is 0 Å². The lowest BCUT2D eigenvalue weighted by atomic mass is 9.80. The lowest BCUT2D eigenvalue weighted by Gasteiger charge is -2.27. The van der Waals surface area contributed by atoms with E-state index < -0.39 is 6.10 Å². The predicted molar refractivity (Wildman–Crippen MR) is 76.1 cm³/mol. The summed E-state index contributed by atoms with van der Waals surface area (Å²) in [5, 5.41) is 10.5. The number of hydrogen-bond acceptors (Lipinski definition) is 2. The first-order valence-corrected chi connectivity index (χ1v) is 7.69. The topological polar surface area (TPSA) is 29.5 Å². The van der Waals surface area contributed by atoms with Crippen LogP contribution in [-0.2, 0) is 4.74 Å². The van der Waals surface area contributed by atoms with Crippen LogP contribution in [0.4, 0.5) is 0 Å². The standard InChI is InChI=1S/C17H24O2/c1-2-19-17(15-10-11-15)16(18)14-8-6-13(7-9-14)12-4-3-5-12/h6-9,12,15-18H,2-5,10-11H2,1H3. The fourth-order valence-electron chi connectivity index (χ4n) is 3.00. The third kappa shape index (κ3) is 2.85. The first-order valence-electron chi connectivity index (χ1n) is 7.69.